The summed E-state index contributed by atoms with van der Waals surface area (Å²) in [6.07, 6.45) is 2.43. The van der Waals surface area contributed by atoms with Crippen molar-refractivity contribution in [2.45, 2.75) is 20.2 Å². The first kappa shape index (κ1) is 7.63. The van der Waals surface area contributed by atoms with Gasteiger partial charge in [-0.25, -0.2) is 4.39 Å². The molecule has 0 rings (SSSR count). The molecule has 0 fully saturated rings. The van der Waals surface area contributed by atoms with Gasteiger partial charge in [-0.1, -0.05) is 12.2 Å². The summed E-state index contributed by atoms with van der Waals surface area (Å²) >= 11 is 0. The summed E-state index contributed by atoms with van der Waals surface area (Å²) in [4.78, 5) is 0. The van der Waals surface area contributed by atoms with Gasteiger partial charge in [-0.3, -0.25) is 0 Å². The Hall–Kier alpha value is -0.370. The molecule has 0 aromatic carbocycles. The number of allylic oxidation sites excluding steroid dienone is 1. The number of ether oxygens (including phenoxy) is 1. The fraction of sp³-hybridized carbons (Fsp3) is 0.667. The van der Waals surface area contributed by atoms with E-state index in [-0.39, 0.29) is 0 Å². The van der Waals surface area contributed by atoms with E-state index in [0.717, 1.165) is 0 Å². The SMILES string of the molecule is CC=CCOC(C)F. The van der Waals surface area contributed by atoms with Gasteiger partial charge in [-0.15, -0.1) is 0 Å². The Morgan fingerprint density at radius 1 is 1.75 bits per heavy atom. The zero-order valence-electron chi connectivity index (χ0n) is 5.23. The molecule has 0 aliphatic rings. The van der Waals surface area contributed by atoms with Crippen LogP contribution in [0.2, 0.25) is 0 Å². The maximum atomic E-state index is 11.8. The van der Waals surface area contributed by atoms with E-state index in [4.69, 9.17) is 0 Å². The van der Waals surface area contributed by atoms with Gasteiger partial charge in [-0.2, -0.15) is 0 Å². The van der Waals surface area contributed by atoms with Gasteiger partial charge in [0.2, 0.25) is 0 Å². The van der Waals surface area contributed by atoms with Crippen LogP contribution in [0, 0.1) is 0 Å². The molecule has 1 atom stereocenters. The van der Waals surface area contributed by atoms with E-state index >= 15 is 0 Å². The van der Waals surface area contributed by atoms with Crippen molar-refractivity contribution in [3.8, 4) is 0 Å². The first-order valence-electron chi connectivity index (χ1n) is 2.64. The molecule has 0 heterocycles. The van der Waals surface area contributed by atoms with Crippen molar-refractivity contribution in [3.05, 3.63) is 12.2 Å². The van der Waals surface area contributed by atoms with Crippen LogP contribution in [0.3, 0.4) is 0 Å². The average molecular weight is 118 g/mol. The van der Waals surface area contributed by atoms with Crippen LogP contribution in [0.4, 0.5) is 4.39 Å². The zero-order valence-corrected chi connectivity index (χ0v) is 5.23. The maximum absolute atomic E-state index is 11.8. The first-order chi connectivity index (χ1) is 3.77. The summed E-state index contributed by atoms with van der Waals surface area (Å²) < 4.78 is 16.3. The Balaban J connectivity index is 2.93. The van der Waals surface area contributed by atoms with E-state index in [1.54, 1.807) is 6.08 Å². The van der Waals surface area contributed by atoms with Crippen LogP contribution in [0.5, 0.6) is 0 Å². The Morgan fingerprint density at radius 2 is 2.38 bits per heavy atom. The summed E-state index contributed by atoms with van der Waals surface area (Å²) in [5, 5.41) is 0. The first-order valence-corrected chi connectivity index (χ1v) is 2.64. The number of rotatable bonds is 3. The van der Waals surface area contributed by atoms with E-state index < -0.39 is 6.36 Å². The third-order valence-electron chi connectivity index (χ3n) is 0.658. The minimum atomic E-state index is -1.15. The molecule has 0 radical (unpaired) electrons. The molecule has 0 aromatic heterocycles. The lowest BCUT2D eigenvalue weighted by Crippen LogP contribution is -1.99. The van der Waals surface area contributed by atoms with Gasteiger partial charge >= 0.3 is 0 Å². The maximum Gasteiger partial charge on any atom is 0.196 e. The normalized spacial score (nSPS) is 14.9. The minimum absolute atomic E-state index is 0.369. The highest BCUT2D eigenvalue weighted by molar-refractivity contribution is 4.75. The molecule has 0 saturated carbocycles. The number of halogens is 1. The van der Waals surface area contributed by atoms with Gasteiger partial charge in [0.05, 0.1) is 6.61 Å². The van der Waals surface area contributed by atoms with Crippen molar-refractivity contribution in [1.29, 1.82) is 0 Å². The molecule has 1 unspecified atom stereocenters. The molecular weight excluding hydrogens is 107 g/mol. The quantitative estimate of drug-likeness (QED) is 0.514. The van der Waals surface area contributed by atoms with Crippen molar-refractivity contribution in [1.82, 2.24) is 0 Å². The lowest BCUT2D eigenvalue weighted by Gasteiger charge is -1.97. The molecule has 8 heavy (non-hydrogen) atoms. The minimum Gasteiger partial charge on any atom is -0.344 e. The van der Waals surface area contributed by atoms with Crippen molar-refractivity contribution in [3.63, 3.8) is 0 Å². The third kappa shape index (κ3) is 5.63. The standard InChI is InChI=1S/C6H11FO/c1-3-4-5-8-6(2)7/h3-4,6H,5H2,1-2H3. The van der Waals surface area contributed by atoms with Crippen molar-refractivity contribution >= 4 is 0 Å². The Kier molecular flexibility index (Phi) is 4.56. The second kappa shape index (κ2) is 4.78. The Bertz CT molecular complexity index is 68.9. The highest BCUT2D eigenvalue weighted by Gasteiger charge is 1.90. The van der Waals surface area contributed by atoms with E-state index in [2.05, 4.69) is 4.74 Å². The van der Waals surface area contributed by atoms with E-state index in [0.29, 0.717) is 6.61 Å². The van der Waals surface area contributed by atoms with Gasteiger partial charge in [0.1, 0.15) is 0 Å². The topological polar surface area (TPSA) is 9.23 Å². The van der Waals surface area contributed by atoms with Gasteiger partial charge in [0.15, 0.2) is 6.36 Å². The Morgan fingerprint density at radius 3 is 2.75 bits per heavy atom. The van der Waals surface area contributed by atoms with Crippen molar-refractivity contribution < 1.29 is 9.13 Å². The molecule has 2 heteroatoms. The van der Waals surface area contributed by atoms with Crippen LogP contribution in [0.1, 0.15) is 13.8 Å². The summed E-state index contributed by atoms with van der Waals surface area (Å²) in [5.74, 6) is 0. The summed E-state index contributed by atoms with van der Waals surface area (Å²) in [6.45, 7) is 3.60. The number of hydrogen-bond donors (Lipinski definition) is 0. The van der Waals surface area contributed by atoms with Gasteiger partial charge in [0.25, 0.3) is 0 Å². The van der Waals surface area contributed by atoms with E-state index in [1.165, 1.54) is 6.92 Å². The monoisotopic (exact) mass is 118 g/mol. The van der Waals surface area contributed by atoms with Crippen LogP contribution < -0.4 is 0 Å². The van der Waals surface area contributed by atoms with Crippen LogP contribution in [-0.4, -0.2) is 13.0 Å². The second-order valence-electron chi connectivity index (χ2n) is 1.45. The molecule has 0 amide bonds. The fourth-order valence-corrected chi connectivity index (χ4v) is 0.284. The number of alkyl halides is 1. The summed E-state index contributed by atoms with van der Waals surface area (Å²) in [5.41, 5.74) is 0. The average Bonchev–Trinajstić information content (AvgIpc) is 1.66. The third-order valence-corrected chi connectivity index (χ3v) is 0.658. The lowest BCUT2D eigenvalue weighted by molar-refractivity contribution is -0.00937. The van der Waals surface area contributed by atoms with Crippen LogP contribution >= 0.6 is 0 Å². The van der Waals surface area contributed by atoms with Crippen molar-refractivity contribution in [2.75, 3.05) is 6.61 Å². The van der Waals surface area contributed by atoms with Gasteiger partial charge in [-0.05, 0) is 13.8 Å². The molecule has 0 aliphatic carbocycles. The van der Waals surface area contributed by atoms with Crippen LogP contribution in [0.25, 0.3) is 0 Å². The molecule has 0 bridgehead atoms. The van der Waals surface area contributed by atoms with Gasteiger partial charge in [0, 0.05) is 0 Å². The largest absolute Gasteiger partial charge is 0.344 e. The molecule has 0 aliphatic heterocycles. The Labute approximate surface area is 49.2 Å². The van der Waals surface area contributed by atoms with E-state index in [1.807, 2.05) is 13.0 Å². The fourth-order valence-electron chi connectivity index (χ4n) is 0.284. The zero-order chi connectivity index (χ0) is 6.41. The predicted molar refractivity (Wildman–Crippen MR) is 31.3 cm³/mol. The van der Waals surface area contributed by atoms with Gasteiger partial charge < -0.3 is 4.74 Å². The van der Waals surface area contributed by atoms with Crippen LogP contribution in [-0.2, 0) is 4.74 Å². The molecule has 0 N–H and O–H groups in total. The predicted octanol–water partition coefficient (Wildman–Crippen LogP) is 1.89. The molecule has 0 aromatic rings. The summed E-state index contributed by atoms with van der Waals surface area (Å²) in [7, 11) is 0. The molecule has 1 nitrogen and oxygen atoms in total. The second-order valence-corrected chi connectivity index (χ2v) is 1.45. The summed E-state index contributed by atoms with van der Waals surface area (Å²) in [6, 6.07) is 0. The molecule has 0 saturated heterocycles. The van der Waals surface area contributed by atoms with E-state index in [9.17, 15) is 4.39 Å². The number of hydrogen-bond acceptors (Lipinski definition) is 1. The van der Waals surface area contributed by atoms with Crippen molar-refractivity contribution in [2.24, 2.45) is 0 Å². The van der Waals surface area contributed by atoms with Crippen LogP contribution in [0.15, 0.2) is 12.2 Å². The highest BCUT2D eigenvalue weighted by atomic mass is 19.1. The lowest BCUT2D eigenvalue weighted by atomic mass is 10.5. The molecule has 0 spiro atoms. The molecular formula is C6H11FO. The molecule has 48 valence electrons. The smallest absolute Gasteiger partial charge is 0.196 e. The highest BCUT2D eigenvalue weighted by Crippen LogP contribution is 1.89.